The van der Waals surface area contributed by atoms with Crippen LogP contribution in [0.1, 0.15) is 32.1 Å². The average molecular weight is 380 g/mol. The number of aromatic nitrogens is 2. The van der Waals surface area contributed by atoms with Crippen molar-refractivity contribution in [1.29, 1.82) is 0 Å². The third-order valence-electron chi connectivity index (χ3n) is 6.58. The monoisotopic (exact) mass is 379 g/mol. The molecule has 1 aliphatic carbocycles. The van der Waals surface area contributed by atoms with Crippen LogP contribution in [0.3, 0.4) is 0 Å². The summed E-state index contributed by atoms with van der Waals surface area (Å²) in [5, 5.41) is 0. The van der Waals surface area contributed by atoms with E-state index in [0.29, 0.717) is 6.04 Å². The Balaban J connectivity index is 1.16. The van der Waals surface area contributed by atoms with Gasteiger partial charge >= 0.3 is 0 Å². The lowest BCUT2D eigenvalue weighted by molar-refractivity contribution is 0.216. The molecule has 1 saturated heterocycles. The van der Waals surface area contributed by atoms with Crippen LogP contribution in [0.2, 0.25) is 0 Å². The molecule has 0 radical (unpaired) electrons. The number of piperazine rings is 1. The van der Waals surface area contributed by atoms with Crippen LogP contribution in [-0.4, -0.2) is 60.7 Å². The van der Waals surface area contributed by atoms with Gasteiger partial charge in [0.1, 0.15) is 0 Å². The lowest BCUT2D eigenvalue weighted by Gasteiger charge is -2.38. The first kappa shape index (κ1) is 19.2. The van der Waals surface area contributed by atoms with Crippen molar-refractivity contribution in [3.05, 3.63) is 48.8 Å². The number of benzene rings is 1. The molecular weight excluding hydrogens is 346 g/mol. The maximum absolute atomic E-state index is 4.40. The Morgan fingerprint density at radius 3 is 2.25 bits per heavy atom. The Morgan fingerprint density at radius 1 is 0.893 bits per heavy atom. The third kappa shape index (κ3) is 4.82. The van der Waals surface area contributed by atoms with E-state index in [1.807, 2.05) is 18.5 Å². The molecule has 28 heavy (non-hydrogen) atoms. The number of para-hydroxylation sites is 1. The van der Waals surface area contributed by atoms with Gasteiger partial charge in [0.2, 0.25) is 5.95 Å². The summed E-state index contributed by atoms with van der Waals surface area (Å²) in [5.41, 5.74) is 1.37. The van der Waals surface area contributed by atoms with E-state index in [1.54, 1.807) is 0 Å². The second-order valence-electron chi connectivity index (χ2n) is 8.29. The van der Waals surface area contributed by atoms with Gasteiger partial charge in [-0.2, -0.15) is 0 Å². The molecule has 2 aliphatic rings. The molecule has 5 heteroatoms. The van der Waals surface area contributed by atoms with Crippen LogP contribution in [0.5, 0.6) is 0 Å². The van der Waals surface area contributed by atoms with Crippen molar-refractivity contribution >= 4 is 11.6 Å². The van der Waals surface area contributed by atoms with Crippen LogP contribution in [0.15, 0.2) is 48.8 Å². The first-order valence-corrected chi connectivity index (χ1v) is 10.8. The van der Waals surface area contributed by atoms with Crippen LogP contribution < -0.4 is 9.80 Å². The van der Waals surface area contributed by atoms with Gasteiger partial charge in [-0.05, 0) is 62.8 Å². The fourth-order valence-corrected chi connectivity index (χ4v) is 4.69. The van der Waals surface area contributed by atoms with Gasteiger partial charge in [0.15, 0.2) is 0 Å². The molecule has 1 aliphatic heterocycles. The lowest BCUT2D eigenvalue weighted by Crippen LogP contribution is -2.47. The largest absolute Gasteiger partial charge is 0.369 e. The molecule has 2 fully saturated rings. The Hall–Kier alpha value is -2.14. The third-order valence-corrected chi connectivity index (χ3v) is 6.58. The number of nitrogens with zero attached hydrogens (tertiary/aromatic N) is 5. The van der Waals surface area contributed by atoms with Crippen LogP contribution in [0, 0.1) is 5.92 Å². The molecule has 2 aromatic rings. The lowest BCUT2D eigenvalue weighted by atomic mass is 9.83. The van der Waals surface area contributed by atoms with Crippen molar-refractivity contribution < 1.29 is 0 Å². The number of rotatable bonds is 6. The quantitative estimate of drug-likeness (QED) is 0.765. The summed E-state index contributed by atoms with van der Waals surface area (Å²) in [7, 11) is 2.15. The van der Waals surface area contributed by atoms with Gasteiger partial charge in [-0.3, -0.25) is 4.90 Å². The summed E-state index contributed by atoms with van der Waals surface area (Å²) in [5.74, 6) is 1.75. The van der Waals surface area contributed by atoms with E-state index in [-0.39, 0.29) is 0 Å². The van der Waals surface area contributed by atoms with Crippen molar-refractivity contribution in [3.8, 4) is 0 Å². The molecule has 1 aromatic carbocycles. The molecule has 0 atom stereocenters. The standard InChI is InChI=1S/C23H33N5/c1-26(23-24-13-5-14-25-23)21-10-8-20(9-11-21)12-15-27-16-18-28(19-17-27)22-6-3-2-4-7-22/h2-7,13-14,20-21H,8-12,15-19H2,1H3. The summed E-state index contributed by atoms with van der Waals surface area (Å²) in [6.45, 7) is 5.95. The van der Waals surface area contributed by atoms with Crippen LogP contribution in [0.25, 0.3) is 0 Å². The number of hydrogen-bond acceptors (Lipinski definition) is 5. The second kappa shape index (κ2) is 9.37. The average Bonchev–Trinajstić information content (AvgIpc) is 2.79. The van der Waals surface area contributed by atoms with Crippen molar-refractivity contribution in [3.63, 3.8) is 0 Å². The minimum Gasteiger partial charge on any atom is -0.369 e. The smallest absolute Gasteiger partial charge is 0.225 e. The van der Waals surface area contributed by atoms with Gasteiger partial charge in [-0.25, -0.2) is 9.97 Å². The summed E-state index contributed by atoms with van der Waals surface area (Å²) in [4.78, 5) is 16.3. The predicted octanol–water partition coefficient (Wildman–Crippen LogP) is 3.68. The first-order valence-electron chi connectivity index (χ1n) is 10.8. The van der Waals surface area contributed by atoms with E-state index in [9.17, 15) is 0 Å². The van der Waals surface area contributed by atoms with Crippen molar-refractivity contribution in [2.75, 3.05) is 49.6 Å². The van der Waals surface area contributed by atoms with E-state index in [2.05, 4.69) is 62.0 Å². The Labute approximate surface area is 169 Å². The van der Waals surface area contributed by atoms with Gasteiger partial charge in [-0.1, -0.05) is 18.2 Å². The normalized spacial score (nSPS) is 23.5. The molecule has 0 amide bonds. The van der Waals surface area contributed by atoms with Crippen molar-refractivity contribution in [2.24, 2.45) is 5.92 Å². The second-order valence-corrected chi connectivity index (χ2v) is 8.29. The Morgan fingerprint density at radius 2 is 1.57 bits per heavy atom. The molecule has 0 unspecified atom stereocenters. The van der Waals surface area contributed by atoms with Crippen LogP contribution >= 0.6 is 0 Å². The molecular formula is C23H33N5. The fraction of sp³-hybridized carbons (Fsp3) is 0.565. The molecule has 150 valence electrons. The highest BCUT2D eigenvalue weighted by Crippen LogP contribution is 2.30. The topological polar surface area (TPSA) is 35.5 Å². The van der Waals surface area contributed by atoms with E-state index in [1.165, 1.54) is 57.4 Å². The Bertz CT molecular complexity index is 691. The van der Waals surface area contributed by atoms with Crippen LogP contribution in [-0.2, 0) is 0 Å². The SMILES string of the molecule is CN(c1ncccn1)C1CCC(CCN2CCN(c3ccccc3)CC2)CC1. The minimum atomic E-state index is 0.591. The molecule has 2 heterocycles. The zero-order chi connectivity index (χ0) is 19.2. The Kier molecular flexibility index (Phi) is 6.42. The van der Waals surface area contributed by atoms with E-state index in [4.69, 9.17) is 0 Å². The van der Waals surface area contributed by atoms with Gasteiger partial charge < -0.3 is 9.80 Å². The summed E-state index contributed by atoms with van der Waals surface area (Å²) < 4.78 is 0. The van der Waals surface area contributed by atoms with Gasteiger partial charge in [-0.15, -0.1) is 0 Å². The maximum atomic E-state index is 4.40. The maximum Gasteiger partial charge on any atom is 0.225 e. The van der Waals surface area contributed by atoms with Gasteiger partial charge in [0, 0.05) is 57.3 Å². The molecule has 0 bridgehead atoms. The highest BCUT2D eigenvalue weighted by molar-refractivity contribution is 5.46. The predicted molar refractivity (Wildman–Crippen MR) is 116 cm³/mol. The summed E-state index contributed by atoms with van der Waals surface area (Å²) in [6, 6.07) is 13.3. The molecule has 0 N–H and O–H groups in total. The number of anilines is 2. The highest BCUT2D eigenvalue weighted by atomic mass is 15.3. The summed E-state index contributed by atoms with van der Waals surface area (Å²) in [6.07, 6.45) is 10.2. The number of hydrogen-bond donors (Lipinski definition) is 0. The zero-order valence-corrected chi connectivity index (χ0v) is 17.1. The van der Waals surface area contributed by atoms with E-state index in [0.717, 1.165) is 25.0 Å². The fourth-order valence-electron chi connectivity index (χ4n) is 4.69. The van der Waals surface area contributed by atoms with Crippen molar-refractivity contribution in [1.82, 2.24) is 14.9 Å². The van der Waals surface area contributed by atoms with Crippen LogP contribution in [0.4, 0.5) is 11.6 Å². The highest BCUT2D eigenvalue weighted by Gasteiger charge is 2.26. The van der Waals surface area contributed by atoms with Crippen molar-refractivity contribution in [2.45, 2.75) is 38.1 Å². The molecule has 5 nitrogen and oxygen atoms in total. The first-order chi connectivity index (χ1) is 13.8. The van der Waals surface area contributed by atoms with E-state index < -0.39 is 0 Å². The van der Waals surface area contributed by atoms with E-state index >= 15 is 0 Å². The molecule has 0 spiro atoms. The molecule has 1 aromatic heterocycles. The molecule has 4 rings (SSSR count). The summed E-state index contributed by atoms with van der Waals surface area (Å²) >= 11 is 0. The zero-order valence-electron chi connectivity index (χ0n) is 17.1. The minimum absolute atomic E-state index is 0.591. The van der Waals surface area contributed by atoms with Gasteiger partial charge in [0.25, 0.3) is 0 Å². The van der Waals surface area contributed by atoms with Gasteiger partial charge in [0.05, 0.1) is 0 Å². The molecule has 1 saturated carbocycles.